The molecule has 4 nitrogen and oxygen atoms in total. The number of halogens is 2. The summed E-state index contributed by atoms with van der Waals surface area (Å²) in [5.74, 6) is -1.23. The summed E-state index contributed by atoms with van der Waals surface area (Å²) in [5.41, 5.74) is 0.410. The van der Waals surface area contributed by atoms with Crippen LogP contribution in [0.1, 0.15) is 29.6 Å². The van der Waals surface area contributed by atoms with Crippen molar-refractivity contribution in [3.63, 3.8) is 0 Å². The van der Waals surface area contributed by atoms with E-state index < -0.39 is 12.0 Å². The van der Waals surface area contributed by atoms with Crippen LogP contribution >= 0.6 is 27.5 Å². The Labute approximate surface area is 124 Å². The van der Waals surface area contributed by atoms with Crippen LogP contribution in [-0.4, -0.2) is 34.5 Å². The molecule has 1 aliphatic heterocycles. The molecule has 0 spiro atoms. The van der Waals surface area contributed by atoms with Crippen molar-refractivity contribution in [1.82, 2.24) is 4.90 Å². The minimum Gasteiger partial charge on any atom is -0.480 e. The van der Waals surface area contributed by atoms with Gasteiger partial charge in [-0.25, -0.2) is 4.79 Å². The number of carbonyl (C=O) groups excluding carboxylic acids is 1. The van der Waals surface area contributed by atoms with E-state index in [1.54, 1.807) is 18.2 Å². The molecular weight excluding hydrogens is 334 g/mol. The highest BCUT2D eigenvalue weighted by Crippen LogP contribution is 2.24. The van der Waals surface area contributed by atoms with E-state index in [0.29, 0.717) is 28.0 Å². The number of amides is 1. The number of carboxylic acids is 1. The first-order chi connectivity index (χ1) is 8.99. The molecule has 0 saturated carbocycles. The highest BCUT2D eigenvalue weighted by Gasteiger charge is 2.32. The third-order valence-corrected chi connectivity index (χ3v) is 3.83. The van der Waals surface area contributed by atoms with Gasteiger partial charge in [-0.3, -0.25) is 4.79 Å². The number of hydrogen-bond acceptors (Lipinski definition) is 2. The van der Waals surface area contributed by atoms with E-state index in [4.69, 9.17) is 11.6 Å². The number of carbonyl (C=O) groups is 2. The molecule has 0 aromatic heterocycles. The Morgan fingerprint density at radius 3 is 2.68 bits per heavy atom. The van der Waals surface area contributed by atoms with E-state index in [9.17, 15) is 14.7 Å². The molecule has 0 radical (unpaired) electrons. The molecule has 0 unspecified atom stereocenters. The summed E-state index contributed by atoms with van der Waals surface area (Å²) in [6.07, 6.45) is 2.17. The van der Waals surface area contributed by atoms with Gasteiger partial charge >= 0.3 is 5.97 Å². The molecule has 102 valence electrons. The molecule has 1 aromatic rings. The quantitative estimate of drug-likeness (QED) is 0.895. The van der Waals surface area contributed by atoms with Crippen molar-refractivity contribution in [1.29, 1.82) is 0 Å². The minimum atomic E-state index is -0.950. The lowest BCUT2D eigenvalue weighted by molar-refractivity contribution is -0.143. The van der Waals surface area contributed by atoms with Crippen LogP contribution in [0.5, 0.6) is 0 Å². The van der Waals surface area contributed by atoms with Crippen LogP contribution in [0.25, 0.3) is 0 Å². The molecule has 1 atom stereocenters. The van der Waals surface area contributed by atoms with Crippen LogP contribution in [0.4, 0.5) is 0 Å². The molecule has 1 heterocycles. The molecule has 1 aliphatic rings. The van der Waals surface area contributed by atoms with Crippen molar-refractivity contribution in [3.8, 4) is 0 Å². The summed E-state index contributed by atoms with van der Waals surface area (Å²) in [6.45, 7) is 0.472. The second-order valence-electron chi connectivity index (χ2n) is 4.51. The number of carboxylic acid groups (broad SMARTS) is 1. The van der Waals surface area contributed by atoms with Crippen molar-refractivity contribution < 1.29 is 14.7 Å². The summed E-state index contributed by atoms with van der Waals surface area (Å²) in [6, 6.07) is 4.16. The van der Waals surface area contributed by atoms with Gasteiger partial charge in [0.25, 0.3) is 5.91 Å². The van der Waals surface area contributed by atoms with Gasteiger partial charge < -0.3 is 10.0 Å². The third kappa shape index (κ3) is 3.28. The first-order valence-corrected chi connectivity index (χ1v) is 7.16. The van der Waals surface area contributed by atoms with E-state index in [1.165, 1.54) is 4.90 Å². The van der Waals surface area contributed by atoms with E-state index in [1.807, 2.05) is 0 Å². The van der Waals surface area contributed by atoms with Crippen molar-refractivity contribution in [2.24, 2.45) is 0 Å². The zero-order valence-corrected chi connectivity index (χ0v) is 12.4. The summed E-state index contributed by atoms with van der Waals surface area (Å²) < 4.78 is 0.701. The monoisotopic (exact) mass is 345 g/mol. The Balaban J connectivity index is 2.28. The zero-order valence-electron chi connectivity index (χ0n) is 10.1. The maximum atomic E-state index is 12.4. The molecule has 2 rings (SSSR count). The maximum Gasteiger partial charge on any atom is 0.326 e. The maximum absolute atomic E-state index is 12.4. The lowest BCUT2D eigenvalue weighted by Gasteiger charge is -2.33. The molecule has 1 N–H and O–H groups in total. The first-order valence-electron chi connectivity index (χ1n) is 5.99. The zero-order chi connectivity index (χ0) is 14.0. The number of benzene rings is 1. The average molecular weight is 347 g/mol. The molecule has 1 fully saturated rings. The van der Waals surface area contributed by atoms with E-state index in [0.717, 1.165) is 12.8 Å². The van der Waals surface area contributed by atoms with Crippen molar-refractivity contribution in [2.75, 3.05) is 6.54 Å². The number of likely N-dealkylation sites (tertiary alicyclic amines) is 1. The Morgan fingerprint density at radius 2 is 2.05 bits per heavy atom. The van der Waals surface area contributed by atoms with Crippen LogP contribution in [0.2, 0.25) is 5.02 Å². The van der Waals surface area contributed by atoms with E-state index in [2.05, 4.69) is 15.9 Å². The van der Waals surface area contributed by atoms with Gasteiger partial charge in [0.2, 0.25) is 0 Å². The largest absolute Gasteiger partial charge is 0.480 e. The molecule has 0 aliphatic carbocycles. The van der Waals surface area contributed by atoms with Gasteiger partial charge in [-0.2, -0.15) is 0 Å². The summed E-state index contributed by atoms with van der Waals surface area (Å²) >= 11 is 9.19. The minimum absolute atomic E-state index is 0.282. The number of piperidine rings is 1. The fourth-order valence-electron chi connectivity index (χ4n) is 2.27. The van der Waals surface area contributed by atoms with E-state index in [-0.39, 0.29) is 5.91 Å². The first kappa shape index (κ1) is 14.3. The molecular formula is C13H13BrClNO3. The van der Waals surface area contributed by atoms with Crippen LogP contribution in [-0.2, 0) is 4.79 Å². The molecule has 6 heteroatoms. The Kier molecular flexibility index (Phi) is 4.47. The fraction of sp³-hybridized carbons (Fsp3) is 0.385. The van der Waals surface area contributed by atoms with Gasteiger partial charge in [-0.05, 0) is 37.5 Å². The standard InChI is InChI=1S/C13H13BrClNO3/c14-9-5-8(6-10(15)7-9)12(17)16-4-2-1-3-11(16)13(18)19/h5-7,11H,1-4H2,(H,18,19)/t11-/m0/s1. The smallest absolute Gasteiger partial charge is 0.326 e. The van der Waals surface area contributed by atoms with E-state index >= 15 is 0 Å². The topological polar surface area (TPSA) is 57.6 Å². The molecule has 19 heavy (non-hydrogen) atoms. The summed E-state index contributed by atoms with van der Waals surface area (Å²) in [7, 11) is 0. The summed E-state index contributed by atoms with van der Waals surface area (Å²) in [5, 5.41) is 9.63. The predicted octanol–water partition coefficient (Wildman–Crippen LogP) is 3.18. The highest BCUT2D eigenvalue weighted by molar-refractivity contribution is 9.10. The van der Waals surface area contributed by atoms with Gasteiger partial charge in [0.1, 0.15) is 6.04 Å². The lowest BCUT2D eigenvalue weighted by atomic mass is 10.0. The number of nitrogens with zero attached hydrogens (tertiary/aromatic N) is 1. The van der Waals surface area contributed by atoms with Crippen molar-refractivity contribution >= 4 is 39.4 Å². The van der Waals surface area contributed by atoms with Crippen molar-refractivity contribution in [3.05, 3.63) is 33.3 Å². The number of aliphatic carboxylic acids is 1. The summed E-state index contributed by atoms with van der Waals surface area (Å²) in [4.78, 5) is 25.0. The predicted molar refractivity (Wildman–Crippen MR) is 75.5 cm³/mol. The average Bonchev–Trinajstić information content (AvgIpc) is 2.36. The fourth-order valence-corrected chi connectivity index (χ4v) is 3.13. The van der Waals surface area contributed by atoms with Gasteiger partial charge in [0, 0.05) is 21.6 Å². The van der Waals surface area contributed by atoms with Gasteiger partial charge in [-0.15, -0.1) is 0 Å². The Bertz CT molecular complexity index is 500. The Morgan fingerprint density at radius 1 is 1.32 bits per heavy atom. The lowest BCUT2D eigenvalue weighted by Crippen LogP contribution is -2.47. The number of rotatable bonds is 2. The second kappa shape index (κ2) is 5.92. The second-order valence-corrected chi connectivity index (χ2v) is 5.86. The Hall–Kier alpha value is -1.07. The molecule has 1 saturated heterocycles. The molecule has 1 amide bonds. The van der Waals surface area contributed by atoms with Crippen molar-refractivity contribution in [2.45, 2.75) is 25.3 Å². The van der Waals surface area contributed by atoms with Crippen LogP contribution in [0, 0.1) is 0 Å². The number of hydrogen-bond donors (Lipinski definition) is 1. The molecule has 0 bridgehead atoms. The van der Waals surface area contributed by atoms with Crippen LogP contribution in [0.3, 0.4) is 0 Å². The normalized spacial score (nSPS) is 19.3. The van der Waals surface area contributed by atoms with Crippen LogP contribution in [0.15, 0.2) is 22.7 Å². The third-order valence-electron chi connectivity index (χ3n) is 3.16. The van der Waals surface area contributed by atoms with Gasteiger partial charge in [-0.1, -0.05) is 27.5 Å². The highest BCUT2D eigenvalue weighted by atomic mass is 79.9. The molecule has 1 aromatic carbocycles. The van der Waals surface area contributed by atoms with Gasteiger partial charge in [0.05, 0.1) is 0 Å². The SMILES string of the molecule is O=C(O)[C@@H]1CCCCN1C(=O)c1cc(Cl)cc(Br)c1. The van der Waals surface area contributed by atoms with Gasteiger partial charge in [0.15, 0.2) is 0 Å². The van der Waals surface area contributed by atoms with Crippen LogP contribution < -0.4 is 0 Å².